The Bertz CT molecular complexity index is 401. The molecule has 0 aliphatic heterocycles. The number of amides is 1. The molecule has 2 rings (SSSR count). The van der Waals surface area contributed by atoms with Crippen LogP contribution in [-0.4, -0.2) is 26.0 Å². The fraction of sp³-hybridized carbons (Fsp3) is 0. The summed E-state index contributed by atoms with van der Waals surface area (Å²) in [5.41, 5.74) is 5.91. The van der Waals surface area contributed by atoms with Crippen LogP contribution in [0.15, 0.2) is 18.3 Å². The Kier molecular flexibility index (Phi) is 1.26. The fourth-order valence-electron chi connectivity index (χ4n) is 0.856. The predicted molar refractivity (Wildman–Crippen MR) is 40.3 cm³/mol. The highest BCUT2D eigenvalue weighted by atomic mass is 16.2. The first-order valence-corrected chi connectivity index (χ1v) is 3.25. The lowest BCUT2D eigenvalue weighted by molar-refractivity contribution is 0.244. The van der Waals surface area contributed by atoms with Gasteiger partial charge in [0.05, 0.1) is 0 Å². The van der Waals surface area contributed by atoms with E-state index >= 15 is 0 Å². The molecule has 0 aliphatic rings. The van der Waals surface area contributed by atoms with Crippen molar-refractivity contribution in [1.29, 1.82) is 0 Å². The molecule has 12 heavy (non-hydrogen) atoms. The molecule has 0 aliphatic carbocycles. The van der Waals surface area contributed by atoms with E-state index in [9.17, 15) is 4.79 Å². The van der Waals surface area contributed by atoms with Gasteiger partial charge < -0.3 is 5.73 Å². The Labute approximate surface area is 67.0 Å². The van der Waals surface area contributed by atoms with E-state index in [4.69, 9.17) is 5.73 Å². The van der Waals surface area contributed by atoms with Gasteiger partial charge in [0.15, 0.2) is 0 Å². The van der Waals surface area contributed by atoms with Gasteiger partial charge in [-0.05, 0) is 12.1 Å². The van der Waals surface area contributed by atoms with E-state index in [-0.39, 0.29) is 0 Å². The van der Waals surface area contributed by atoms with Crippen LogP contribution in [0, 0.1) is 0 Å². The molecular formula is C6H5N5O. The molecule has 2 aromatic heterocycles. The molecule has 0 spiro atoms. The van der Waals surface area contributed by atoms with Gasteiger partial charge in [-0.3, -0.25) is 0 Å². The minimum absolute atomic E-state index is 0.413. The van der Waals surface area contributed by atoms with Gasteiger partial charge in [0.1, 0.15) is 5.52 Å². The largest absolute Gasteiger partial charge is 0.356 e. The molecule has 2 N–H and O–H groups in total. The Morgan fingerprint density at radius 1 is 1.50 bits per heavy atom. The third kappa shape index (κ3) is 0.895. The van der Waals surface area contributed by atoms with Crippen molar-refractivity contribution in [2.24, 2.45) is 5.73 Å². The molecule has 2 heterocycles. The Hall–Kier alpha value is -1.98. The molecule has 0 fully saturated rings. The first-order valence-electron chi connectivity index (χ1n) is 3.25. The highest BCUT2D eigenvalue weighted by Crippen LogP contribution is 2.02. The second-order valence-corrected chi connectivity index (χ2v) is 2.17. The zero-order valence-electron chi connectivity index (χ0n) is 6.01. The van der Waals surface area contributed by atoms with Gasteiger partial charge in [-0.2, -0.15) is 0 Å². The van der Waals surface area contributed by atoms with Gasteiger partial charge in [0.25, 0.3) is 0 Å². The molecule has 0 saturated heterocycles. The smallest absolute Gasteiger partial charge is 0.348 e. The van der Waals surface area contributed by atoms with E-state index in [2.05, 4.69) is 15.2 Å². The first-order chi connectivity index (χ1) is 5.77. The van der Waals surface area contributed by atoms with Crippen LogP contribution in [0.2, 0.25) is 0 Å². The number of nitrogens with two attached hydrogens (primary N) is 1. The van der Waals surface area contributed by atoms with Gasteiger partial charge in [0, 0.05) is 6.20 Å². The SMILES string of the molecule is NC(=O)n1nc2cccnc2n1. The van der Waals surface area contributed by atoms with Crippen LogP contribution in [0.1, 0.15) is 0 Å². The molecule has 0 unspecified atom stereocenters. The van der Waals surface area contributed by atoms with Gasteiger partial charge in [-0.15, -0.1) is 10.2 Å². The minimum atomic E-state index is -0.715. The average Bonchev–Trinajstić information content (AvgIpc) is 2.46. The molecule has 2 aromatic rings. The van der Waals surface area contributed by atoms with Crippen molar-refractivity contribution in [3.8, 4) is 0 Å². The van der Waals surface area contributed by atoms with E-state index < -0.39 is 6.03 Å². The zero-order chi connectivity index (χ0) is 8.55. The lowest BCUT2D eigenvalue weighted by Gasteiger charge is -1.84. The van der Waals surface area contributed by atoms with Crippen molar-refractivity contribution < 1.29 is 4.79 Å². The van der Waals surface area contributed by atoms with Gasteiger partial charge in [-0.25, -0.2) is 9.78 Å². The number of carbonyl (C=O) groups excluding carboxylic acids is 1. The van der Waals surface area contributed by atoms with E-state index in [1.54, 1.807) is 18.3 Å². The molecule has 0 atom stereocenters. The third-order valence-electron chi connectivity index (χ3n) is 1.36. The maximum Gasteiger partial charge on any atom is 0.356 e. The monoisotopic (exact) mass is 163 g/mol. The summed E-state index contributed by atoms with van der Waals surface area (Å²) in [6.45, 7) is 0. The minimum Gasteiger partial charge on any atom is -0.348 e. The second-order valence-electron chi connectivity index (χ2n) is 2.17. The van der Waals surface area contributed by atoms with Crippen molar-refractivity contribution in [3.63, 3.8) is 0 Å². The van der Waals surface area contributed by atoms with E-state index in [1.807, 2.05) is 0 Å². The molecule has 6 nitrogen and oxygen atoms in total. The van der Waals surface area contributed by atoms with Gasteiger partial charge >= 0.3 is 6.03 Å². The van der Waals surface area contributed by atoms with Crippen LogP contribution < -0.4 is 5.73 Å². The van der Waals surface area contributed by atoms with Crippen molar-refractivity contribution in [3.05, 3.63) is 18.3 Å². The number of rotatable bonds is 0. The molecule has 6 heteroatoms. The molecule has 1 amide bonds. The van der Waals surface area contributed by atoms with Crippen LogP contribution in [0.5, 0.6) is 0 Å². The fourth-order valence-corrected chi connectivity index (χ4v) is 0.856. The third-order valence-corrected chi connectivity index (χ3v) is 1.36. The number of hydrogen-bond acceptors (Lipinski definition) is 4. The van der Waals surface area contributed by atoms with Crippen molar-refractivity contribution in [1.82, 2.24) is 20.0 Å². The van der Waals surface area contributed by atoms with Crippen molar-refractivity contribution >= 4 is 17.2 Å². The summed E-state index contributed by atoms with van der Waals surface area (Å²) in [6.07, 6.45) is 1.57. The van der Waals surface area contributed by atoms with E-state index in [0.29, 0.717) is 11.2 Å². The van der Waals surface area contributed by atoms with Crippen LogP contribution in [0.4, 0.5) is 4.79 Å². The Morgan fingerprint density at radius 2 is 2.33 bits per heavy atom. The van der Waals surface area contributed by atoms with Crippen LogP contribution in [0.3, 0.4) is 0 Å². The number of nitrogens with zero attached hydrogens (tertiary/aromatic N) is 4. The summed E-state index contributed by atoms with van der Waals surface area (Å²) in [7, 11) is 0. The van der Waals surface area contributed by atoms with Crippen LogP contribution in [-0.2, 0) is 0 Å². The van der Waals surface area contributed by atoms with E-state index in [0.717, 1.165) is 4.80 Å². The molecule has 60 valence electrons. The zero-order valence-corrected chi connectivity index (χ0v) is 6.01. The van der Waals surface area contributed by atoms with Crippen LogP contribution in [0.25, 0.3) is 11.2 Å². The molecule has 0 radical (unpaired) electrons. The normalized spacial score (nSPS) is 10.3. The summed E-state index contributed by atoms with van der Waals surface area (Å²) < 4.78 is 0. The Balaban J connectivity index is 2.70. The number of carbonyl (C=O) groups is 1. The number of primary amides is 1. The lowest BCUT2D eigenvalue weighted by Crippen LogP contribution is -2.21. The molecule has 0 saturated carbocycles. The van der Waals surface area contributed by atoms with Crippen molar-refractivity contribution in [2.75, 3.05) is 0 Å². The highest BCUT2D eigenvalue weighted by Gasteiger charge is 2.05. The summed E-state index contributed by atoms with van der Waals surface area (Å²) in [5.74, 6) is 0. The highest BCUT2D eigenvalue weighted by molar-refractivity contribution is 5.77. The topological polar surface area (TPSA) is 86.7 Å². The summed E-state index contributed by atoms with van der Waals surface area (Å²) in [5, 5.41) is 7.51. The standard InChI is InChI=1S/C6H5N5O/c7-6(12)11-9-4-2-1-3-8-5(4)10-11/h1-3H,(H2,7,12). The summed E-state index contributed by atoms with van der Waals surface area (Å²) in [4.78, 5) is 15.3. The molecule has 0 bridgehead atoms. The van der Waals surface area contributed by atoms with E-state index in [1.165, 1.54) is 0 Å². The number of pyridine rings is 1. The molecule has 0 aromatic carbocycles. The first kappa shape index (κ1) is 6.71. The summed E-state index contributed by atoms with van der Waals surface area (Å²) >= 11 is 0. The van der Waals surface area contributed by atoms with Gasteiger partial charge in [-0.1, -0.05) is 4.80 Å². The Morgan fingerprint density at radius 3 is 3.00 bits per heavy atom. The lowest BCUT2D eigenvalue weighted by atomic mass is 10.4. The number of hydrogen-bond donors (Lipinski definition) is 1. The van der Waals surface area contributed by atoms with Crippen LogP contribution >= 0.6 is 0 Å². The summed E-state index contributed by atoms with van der Waals surface area (Å²) in [6, 6.07) is 2.70. The quantitative estimate of drug-likeness (QED) is 0.580. The number of aromatic nitrogens is 4. The average molecular weight is 163 g/mol. The number of fused-ring (bicyclic) bond motifs is 1. The molecular weight excluding hydrogens is 158 g/mol. The maximum absolute atomic E-state index is 10.6. The van der Waals surface area contributed by atoms with Gasteiger partial charge in [0.2, 0.25) is 5.65 Å². The predicted octanol–water partition coefficient (Wildman–Crippen LogP) is -0.247. The second kappa shape index (κ2) is 2.26. The van der Waals surface area contributed by atoms with Crippen molar-refractivity contribution in [2.45, 2.75) is 0 Å². The maximum atomic E-state index is 10.6.